The van der Waals surface area contributed by atoms with Crippen LogP contribution in [0.25, 0.3) is 0 Å². The van der Waals surface area contributed by atoms with Crippen molar-refractivity contribution in [1.29, 1.82) is 0 Å². The van der Waals surface area contributed by atoms with Gasteiger partial charge in [-0.2, -0.15) is 0 Å². The van der Waals surface area contributed by atoms with Crippen molar-refractivity contribution < 1.29 is 14.3 Å². The average Bonchev–Trinajstić information content (AvgIpc) is 2.67. The Labute approximate surface area is 167 Å². The Morgan fingerprint density at radius 2 is 1.71 bits per heavy atom. The number of benzene rings is 2. The number of nitrogens with one attached hydrogen (secondary N) is 1. The van der Waals surface area contributed by atoms with Crippen LogP contribution >= 0.6 is 0 Å². The normalized spacial score (nSPS) is 12.2. The lowest BCUT2D eigenvalue weighted by Gasteiger charge is -2.39. The van der Waals surface area contributed by atoms with Gasteiger partial charge in [-0.3, -0.25) is 15.0 Å². The van der Waals surface area contributed by atoms with E-state index in [4.69, 9.17) is 4.74 Å². The Kier molecular flexibility index (Phi) is 6.84. The Hall–Kier alpha value is -2.82. The number of methoxy groups -OCH3 is 1. The summed E-state index contributed by atoms with van der Waals surface area (Å²) in [6, 6.07) is 14.1. The first kappa shape index (κ1) is 21.5. The number of hydrogen-bond acceptors (Lipinski definition) is 3. The van der Waals surface area contributed by atoms with Crippen molar-refractivity contribution in [2.24, 2.45) is 5.41 Å². The summed E-state index contributed by atoms with van der Waals surface area (Å²) in [5.74, 6) is 0.0797. The number of nitrogens with zero attached hydrogens (tertiary/aromatic N) is 1. The molecule has 0 aliphatic heterocycles. The van der Waals surface area contributed by atoms with E-state index in [0.717, 1.165) is 5.56 Å². The van der Waals surface area contributed by atoms with E-state index in [1.54, 1.807) is 31.4 Å². The summed E-state index contributed by atoms with van der Waals surface area (Å²) in [5, 5.41) is 1.48. The molecule has 0 radical (unpaired) electrons. The first-order valence-electron chi connectivity index (χ1n) is 9.53. The molecule has 1 N–H and O–H groups in total. The van der Waals surface area contributed by atoms with E-state index in [9.17, 15) is 9.59 Å². The standard InChI is InChI=1S/C23H30N2O3/c1-7-20(23(3,4)5)25(22(27)17-12-9-8-10-13-17)24-21(26)18-14-11-15-19(28-6)16(18)2/h8-15,20H,7H2,1-6H3,(H,24,26). The second-order valence-electron chi connectivity index (χ2n) is 7.91. The van der Waals surface area contributed by atoms with Crippen LogP contribution in [0.5, 0.6) is 5.75 Å². The van der Waals surface area contributed by atoms with Crippen LogP contribution in [0.2, 0.25) is 0 Å². The van der Waals surface area contributed by atoms with Gasteiger partial charge >= 0.3 is 0 Å². The van der Waals surface area contributed by atoms with Gasteiger partial charge in [0.1, 0.15) is 5.75 Å². The molecule has 0 bridgehead atoms. The molecule has 2 aromatic carbocycles. The maximum absolute atomic E-state index is 13.3. The molecule has 0 saturated heterocycles. The third-order valence-electron chi connectivity index (χ3n) is 4.91. The molecule has 1 unspecified atom stereocenters. The van der Waals surface area contributed by atoms with E-state index < -0.39 is 0 Å². The Balaban J connectivity index is 2.42. The van der Waals surface area contributed by atoms with Crippen LogP contribution in [0.3, 0.4) is 0 Å². The van der Waals surface area contributed by atoms with Gasteiger partial charge in [0.25, 0.3) is 11.8 Å². The summed E-state index contributed by atoms with van der Waals surface area (Å²) in [6.45, 7) is 10.0. The molecule has 0 fully saturated rings. The zero-order valence-electron chi connectivity index (χ0n) is 17.6. The fourth-order valence-corrected chi connectivity index (χ4v) is 3.42. The van der Waals surface area contributed by atoms with E-state index in [0.29, 0.717) is 23.3 Å². The maximum atomic E-state index is 13.3. The van der Waals surface area contributed by atoms with Crippen LogP contribution in [-0.2, 0) is 0 Å². The van der Waals surface area contributed by atoms with Crippen LogP contribution < -0.4 is 10.2 Å². The van der Waals surface area contributed by atoms with Crippen LogP contribution in [0, 0.1) is 12.3 Å². The molecule has 0 aliphatic carbocycles. The zero-order valence-corrected chi connectivity index (χ0v) is 17.6. The van der Waals surface area contributed by atoms with Gasteiger partial charge < -0.3 is 4.74 Å². The second-order valence-corrected chi connectivity index (χ2v) is 7.91. The van der Waals surface area contributed by atoms with Crippen LogP contribution in [-0.4, -0.2) is 30.0 Å². The van der Waals surface area contributed by atoms with Crippen molar-refractivity contribution in [2.45, 2.75) is 47.1 Å². The minimum atomic E-state index is -0.330. The number of rotatable bonds is 5. The van der Waals surface area contributed by atoms with E-state index in [1.165, 1.54) is 5.01 Å². The molecule has 1 atom stereocenters. The minimum Gasteiger partial charge on any atom is -0.496 e. The molecular weight excluding hydrogens is 352 g/mol. The highest BCUT2D eigenvalue weighted by atomic mass is 16.5. The lowest BCUT2D eigenvalue weighted by Crippen LogP contribution is -2.56. The van der Waals surface area contributed by atoms with Gasteiger partial charge in [-0.25, -0.2) is 5.01 Å². The number of amides is 2. The van der Waals surface area contributed by atoms with Gasteiger partial charge in [0.05, 0.1) is 13.2 Å². The molecule has 0 aliphatic rings. The number of hydrogen-bond donors (Lipinski definition) is 1. The summed E-state index contributed by atoms with van der Waals surface area (Å²) >= 11 is 0. The molecule has 150 valence electrons. The predicted molar refractivity (Wildman–Crippen MR) is 111 cm³/mol. The Bertz CT molecular complexity index is 825. The monoisotopic (exact) mass is 382 g/mol. The molecule has 28 heavy (non-hydrogen) atoms. The van der Waals surface area contributed by atoms with Crippen molar-refractivity contribution in [3.05, 3.63) is 65.2 Å². The summed E-state index contributed by atoms with van der Waals surface area (Å²) in [7, 11) is 1.57. The van der Waals surface area contributed by atoms with Gasteiger partial charge in [-0.15, -0.1) is 0 Å². The largest absolute Gasteiger partial charge is 0.496 e. The van der Waals surface area contributed by atoms with Crippen molar-refractivity contribution in [3.8, 4) is 5.75 Å². The summed E-state index contributed by atoms with van der Waals surface area (Å²) in [6.07, 6.45) is 0.708. The third kappa shape index (κ3) is 4.71. The lowest BCUT2D eigenvalue weighted by atomic mass is 9.84. The molecule has 0 heterocycles. The number of carbonyl (C=O) groups is 2. The number of carbonyl (C=O) groups excluding carboxylic acids is 2. The van der Waals surface area contributed by atoms with Crippen molar-refractivity contribution in [2.75, 3.05) is 7.11 Å². The van der Waals surface area contributed by atoms with Crippen LogP contribution in [0.4, 0.5) is 0 Å². The average molecular weight is 383 g/mol. The molecule has 0 saturated carbocycles. The molecule has 2 aromatic rings. The lowest BCUT2D eigenvalue weighted by molar-refractivity contribution is 0.0284. The number of ether oxygens (including phenoxy) is 1. The first-order chi connectivity index (χ1) is 13.2. The summed E-state index contributed by atoms with van der Waals surface area (Å²) in [4.78, 5) is 26.3. The Morgan fingerprint density at radius 1 is 1.07 bits per heavy atom. The molecule has 5 nitrogen and oxygen atoms in total. The smallest absolute Gasteiger partial charge is 0.272 e. The van der Waals surface area contributed by atoms with Crippen LogP contribution in [0.1, 0.15) is 60.4 Å². The van der Waals surface area contributed by atoms with Crippen LogP contribution in [0.15, 0.2) is 48.5 Å². The topological polar surface area (TPSA) is 58.6 Å². The van der Waals surface area contributed by atoms with Crippen molar-refractivity contribution >= 4 is 11.8 Å². The highest BCUT2D eigenvalue weighted by Crippen LogP contribution is 2.28. The predicted octanol–water partition coefficient (Wildman–Crippen LogP) is 4.62. The maximum Gasteiger partial charge on any atom is 0.272 e. The molecule has 2 amide bonds. The molecular formula is C23H30N2O3. The fraction of sp³-hybridized carbons (Fsp3) is 0.391. The van der Waals surface area contributed by atoms with E-state index in [2.05, 4.69) is 26.2 Å². The van der Waals surface area contributed by atoms with E-state index in [-0.39, 0.29) is 23.3 Å². The molecule has 5 heteroatoms. The third-order valence-corrected chi connectivity index (χ3v) is 4.91. The summed E-state index contributed by atoms with van der Waals surface area (Å²) < 4.78 is 5.32. The van der Waals surface area contributed by atoms with E-state index in [1.807, 2.05) is 38.1 Å². The van der Waals surface area contributed by atoms with Gasteiger partial charge in [-0.1, -0.05) is 52.0 Å². The summed E-state index contributed by atoms with van der Waals surface area (Å²) in [5.41, 5.74) is 4.41. The quantitative estimate of drug-likeness (QED) is 0.768. The highest BCUT2D eigenvalue weighted by molar-refractivity contribution is 6.00. The second kappa shape index (κ2) is 8.91. The van der Waals surface area contributed by atoms with Crippen molar-refractivity contribution in [3.63, 3.8) is 0 Å². The minimum absolute atomic E-state index is 0.171. The zero-order chi connectivity index (χ0) is 20.9. The molecule has 0 spiro atoms. The highest BCUT2D eigenvalue weighted by Gasteiger charge is 2.34. The van der Waals surface area contributed by atoms with E-state index >= 15 is 0 Å². The van der Waals surface area contributed by atoms with Crippen molar-refractivity contribution in [1.82, 2.24) is 10.4 Å². The Morgan fingerprint density at radius 3 is 2.25 bits per heavy atom. The van der Waals surface area contributed by atoms with Gasteiger partial charge in [0, 0.05) is 16.7 Å². The molecule has 0 aromatic heterocycles. The SMILES string of the molecule is CCC(N(NC(=O)c1cccc(OC)c1C)C(=O)c1ccccc1)C(C)(C)C. The number of hydrazine groups is 1. The fourth-order valence-electron chi connectivity index (χ4n) is 3.42. The first-order valence-corrected chi connectivity index (χ1v) is 9.53. The van der Waals surface area contributed by atoms with Gasteiger partial charge in [0.2, 0.25) is 0 Å². The molecule has 2 rings (SSSR count). The van der Waals surface area contributed by atoms with Gasteiger partial charge in [0.15, 0.2) is 0 Å². The van der Waals surface area contributed by atoms with Gasteiger partial charge in [-0.05, 0) is 43.0 Å².